The van der Waals surface area contributed by atoms with Crippen LogP contribution < -0.4 is 10.6 Å². The molecule has 1 aliphatic rings. The number of anilines is 2. The van der Waals surface area contributed by atoms with Crippen LogP contribution in [0.5, 0.6) is 0 Å². The van der Waals surface area contributed by atoms with E-state index in [0.29, 0.717) is 32.0 Å². The van der Waals surface area contributed by atoms with Crippen molar-refractivity contribution in [2.75, 3.05) is 36.9 Å². The van der Waals surface area contributed by atoms with Crippen molar-refractivity contribution in [3.05, 3.63) is 22.5 Å². The molecule has 0 aliphatic carbocycles. The van der Waals surface area contributed by atoms with Crippen LogP contribution in [0.4, 0.5) is 17.1 Å². The van der Waals surface area contributed by atoms with E-state index >= 15 is 0 Å². The van der Waals surface area contributed by atoms with Crippen LogP contribution in [0.2, 0.25) is 0 Å². The van der Waals surface area contributed by atoms with Crippen molar-refractivity contribution in [2.45, 2.75) is 0 Å². The average molecular weight is 224 g/mol. The third-order valence-electron chi connectivity index (χ3n) is 2.49. The van der Waals surface area contributed by atoms with E-state index in [9.17, 15) is 10.1 Å². The fraction of sp³-hybridized carbons (Fsp3) is 0.444. The van der Waals surface area contributed by atoms with Gasteiger partial charge in [-0.25, -0.2) is 0 Å². The highest BCUT2D eigenvalue weighted by Gasteiger charge is 2.20. The van der Waals surface area contributed by atoms with Gasteiger partial charge in [-0.2, -0.15) is 0 Å². The monoisotopic (exact) mass is 224 g/mol. The summed E-state index contributed by atoms with van der Waals surface area (Å²) in [5.41, 5.74) is 6.38. The van der Waals surface area contributed by atoms with Crippen molar-refractivity contribution in [1.29, 1.82) is 0 Å². The first kappa shape index (κ1) is 10.6. The number of hydrogen-bond donors (Lipinski definition) is 1. The molecule has 2 heterocycles. The molecule has 2 N–H and O–H groups in total. The topological polar surface area (TPSA) is 94.5 Å². The molecule has 0 bridgehead atoms. The fourth-order valence-corrected chi connectivity index (χ4v) is 1.65. The summed E-state index contributed by atoms with van der Waals surface area (Å²) in [5.74, 6) is 0. The van der Waals surface area contributed by atoms with Crippen LogP contribution in [0.25, 0.3) is 0 Å². The second kappa shape index (κ2) is 4.31. The standard InChI is InChI=1S/C9H12N4O3/c10-9-7(12-1-3-16-4-2-12)5-11-6-8(9)13(14)15/h5-6H,1-4H2,(H2,10,11). The third kappa shape index (κ3) is 1.89. The molecule has 1 aliphatic heterocycles. The molecule has 1 saturated heterocycles. The van der Waals surface area contributed by atoms with Crippen molar-refractivity contribution in [3.8, 4) is 0 Å². The first-order valence-electron chi connectivity index (χ1n) is 4.90. The van der Waals surface area contributed by atoms with E-state index in [1.165, 1.54) is 6.20 Å². The number of pyridine rings is 1. The number of hydrogen-bond acceptors (Lipinski definition) is 6. The Kier molecular flexibility index (Phi) is 2.86. The zero-order valence-electron chi connectivity index (χ0n) is 8.63. The Morgan fingerprint density at radius 1 is 1.44 bits per heavy atom. The summed E-state index contributed by atoms with van der Waals surface area (Å²) < 4.78 is 5.20. The molecule has 16 heavy (non-hydrogen) atoms. The van der Waals surface area contributed by atoms with Crippen molar-refractivity contribution >= 4 is 17.1 Å². The Bertz CT molecular complexity index is 404. The van der Waals surface area contributed by atoms with Crippen LogP contribution in [0, 0.1) is 10.1 Å². The molecule has 0 atom stereocenters. The molecule has 7 heteroatoms. The van der Waals surface area contributed by atoms with Crippen LogP contribution in [0.3, 0.4) is 0 Å². The molecule has 86 valence electrons. The van der Waals surface area contributed by atoms with Crippen LogP contribution in [-0.2, 0) is 4.74 Å². The summed E-state index contributed by atoms with van der Waals surface area (Å²) >= 11 is 0. The van der Waals surface area contributed by atoms with E-state index in [4.69, 9.17) is 10.5 Å². The van der Waals surface area contributed by atoms with E-state index in [-0.39, 0.29) is 11.4 Å². The number of ether oxygens (including phenoxy) is 1. The minimum absolute atomic E-state index is 0.149. The highest BCUT2D eigenvalue weighted by Crippen LogP contribution is 2.30. The van der Waals surface area contributed by atoms with E-state index in [2.05, 4.69) is 4.98 Å². The second-order valence-electron chi connectivity index (χ2n) is 3.45. The van der Waals surface area contributed by atoms with Crippen molar-refractivity contribution < 1.29 is 9.66 Å². The predicted octanol–water partition coefficient (Wildman–Crippen LogP) is 0.409. The summed E-state index contributed by atoms with van der Waals surface area (Å²) in [6.45, 7) is 2.55. The molecule has 1 fully saturated rings. The first-order chi connectivity index (χ1) is 7.70. The number of morpholine rings is 1. The SMILES string of the molecule is Nc1c(N2CCOCC2)cncc1[N+](=O)[O-]. The smallest absolute Gasteiger partial charge is 0.312 e. The van der Waals surface area contributed by atoms with E-state index < -0.39 is 4.92 Å². The van der Waals surface area contributed by atoms with Gasteiger partial charge in [-0.05, 0) is 0 Å². The lowest BCUT2D eigenvalue weighted by Gasteiger charge is -2.29. The molecule has 0 unspecified atom stereocenters. The average Bonchev–Trinajstić information content (AvgIpc) is 2.30. The minimum atomic E-state index is -0.522. The van der Waals surface area contributed by atoms with Gasteiger partial charge in [0, 0.05) is 13.1 Å². The predicted molar refractivity (Wildman–Crippen MR) is 58.3 cm³/mol. The first-order valence-corrected chi connectivity index (χ1v) is 4.90. The van der Waals surface area contributed by atoms with Crippen molar-refractivity contribution in [3.63, 3.8) is 0 Å². The van der Waals surface area contributed by atoms with E-state index in [1.54, 1.807) is 6.20 Å². The van der Waals surface area contributed by atoms with Gasteiger partial charge in [0.1, 0.15) is 11.9 Å². The van der Waals surface area contributed by atoms with Crippen molar-refractivity contribution in [1.82, 2.24) is 4.98 Å². The van der Waals surface area contributed by atoms with Gasteiger partial charge in [0.25, 0.3) is 0 Å². The normalized spacial score (nSPS) is 16.1. The summed E-state index contributed by atoms with van der Waals surface area (Å²) in [4.78, 5) is 16.0. The molecule has 0 saturated carbocycles. The maximum atomic E-state index is 10.7. The number of nitrogen functional groups attached to an aromatic ring is 1. The Hall–Kier alpha value is -1.89. The number of nitrogens with two attached hydrogens (primary N) is 1. The molecular weight excluding hydrogens is 212 g/mol. The summed E-state index contributed by atoms with van der Waals surface area (Å²) in [5, 5.41) is 10.7. The summed E-state index contributed by atoms with van der Waals surface area (Å²) in [7, 11) is 0. The van der Waals surface area contributed by atoms with Gasteiger partial charge < -0.3 is 15.4 Å². The van der Waals surface area contributed by atoms with Gasteiger partial charge in [0.05, 0.1) is 30.0 Å². The molecular formula is C9H12N4O3. The Labute approximate surface area is 92.0 Å². The molecule has 1 aromatic rings. The molecule has 0 radical (unpaired) electrons. The minimum Gasteiger partial charge on any atom is -0.391 e. The lowest BCUT2D eigenvalue weighted by Crippen LogP contribution is -2.36. The van der Waals surface area contributed by atoms with Gasteiger partial charge >= 0.3 is 5.69 Å². The van der Waals surface area contributed by atoms with Gasteiger partial charge in [-0.3, -0.25) is 15.1 Å². The van der Waals surface area contributed by atoms with Crippen LogP contribution in [-0.4, -0.2) is 36.2 Å². The zero-order chi connectivity index (χ0) is 11.5. The van der Waals surface area contributed by atoms with E-state index in [0.717, 1.165) is 0 Å². The Balaban J connectivity index is 2.33. The van der Waals surface area contributed by atoms with Gasteiger partial charge in [0.15, 0.2) is 0 Å². The quantitative estimate of drug-likeness (QED) is 0.577. The lowest BCUT2D eigenvalue weighted by molar-refractivity contribution is -0.384. The Morgan fingerprint density at radius 3 is 2.75 bits per heavy atom. The molecule has 0 spiro atoms. The molecule has 1 aromatic heterocycles. The molecule has 7 nitrogen and oxygen atoms in total. The van der Waals surface area contributed by atoms with Gasteiger partial charge in [-0.1, -0.05) is 0 Å². The molecule has 2 rings (SSSR count). The third-order valence-corrected chi connectivity index (χ3v) is 2.49. The second-order valence-corrected chi connectivity index (χ2v) is 3.45. The van der Waals surface area contributed by atoms with Crippen LogP contribution in [0.15, 0.2) is 12.4 Å². The highest BCUT2D eigenvalue weighted by atomic mass is 16.6. The van der Waals surface area contributed by atoms with Crippen molar-refractivity contribution in [2.24, 2.45) is 0 Å². The zero-order valence-corrected chi connectivity index (χ0v) is 8.63. The molecule has 0 aromatic carbocycles. The van der Waals surface area contributed by atoms with Crippen LogP contribution in [0.1, 0.15) is 0 Å². The maximum Gasteiger partial charge on any atom is 0.312 e. The lowest BCUT2D eigenvalue weighted by atomic mass is 10.2. The largest absolute Gasteiger partial charge is 0.391 e. The molecule has 0 amide bonds. The van der Waals surface area contributed by atoms with Crippen LogP contribution >= 0.6 is 0 Å². The number of nitrogens with zero attached hydrogens (tertiary/aromatic N) is 3. The number of rotatable bonds is 2. The summed E-state index contributed by atoms with van der Waals surface area (Å²) in [6.07, 6.45) is 2.72. The number of aromatic nitrogens is 1. The fourth-order valence-electron chi connectivity index (χ4n) is 1.65. The Morgan fingerprint density at radius 2 is 2.12 bits per heavy atom. The van der Waals surface area contributed by atoms with E-state index in [1.807, 2.05) is 4.90 Å². The number of nitro groups is 1. The van der Waals surface area contributed by atoms with Gasteiger partial charge in [-0.15, -0.1) is 0 Å². The van der Waals surface area contributed by atoms with Gasteiger partial charge in [0.2, 0.25) is 0 Å². The maximum absolute atomic E-state index is 10.7. The summed E-state index contributed by atoms with van der Waals surface area (Å²) in [6, 6.07) is 0. The highest BCUT2D eigenvalue weighted by molar-refractivity contribution is 5.75.